The fourth-order valence-corrected chi connectivity index (χ4v) is 4.64. The fourth-order valence-electron chi connectivity index (χ4n) is 3.34. The predicted molar refractivity (Wildman–Crippen MR) is 105 cm³/mol. The lowest BCUT2D eigenvalue weighted by molar-refractivity contribution is 0.0688. The smallest absolute Gasteiger partial charge is 0.276 e. The van der Waals surface area contributed by atoms with E-state index in [1.165, 1.54) is 0 Å². The van der Waals surface area contributed by atoms with E-state index < -0.39 is 0 Å². The number of rotatable bonds is 4. The number of carbonyl (C=O) groups excluding carboxylic acids is 1. The zero-order chi connectivity index (χ0) is 18.9. The lowest BCUT2D eigenvalue weighted by Crippen LogP contribution is -2.39. The highest BCUT2D eigenvalue weighted by Crippen LogP contribution is 2.30. The van der Waals surface area contributed by atoms with Crippen LogP contribution in [-0.2, 0) is 0 Å². The number of piperidine rings is 1. The summed E-state index contributed by atoms with van der Waals surface area (Å²) in [4.78, 5) is 15.6. The quantitative estimate of drug-likeness (QED) is 0.489. The fraction of sp³-hybridized carbons (Fsp3) is 0.263. The van der Waals surface area contributed by atoms with E-state index in [1.807, 2.05) is 34.3 Å². The largest absolute Gasteiger partial charge is 0.420 e. The van der Waals surface area contributed by atoms with Crippen molar-refractivity contribution in [2.45, 2.75) is 18.8 Å². The summed E-state index contributed by atoms with van der Waals surface area (Å²) in [6.07, 6.45) is 1.79. The Morgan fingerprint density at radius 1 is 1.25 bits per heavy atom. The van der Waals surface area contributed by atoms with E-state index in [9.17, 15) is 4.79 Å². The number of hydrogen-bond donors (Lipinski definition) is 0. The van der Waals surface area contributed by atoms with Crippen LogP contribution in [-0.4, -0.2) is 39.3 Å². The van der Waals surface area contributed by atoms with Gasteiger partial charge in [-0.1, -0.05) is 11.2 Å². The van der Waals surface area contributed by atoms with Gasteiger partial charge in [0.2, 0.25) is 11.8 Å². The number of thiophene rings is 2. The van der Waals surface area contributed by atoms with E-state index in [0.29, 0.717) is 36.3 Å². The van der Waals surface area contributed by atoms with Crippen LogP contribution >= 0.6 is 22.7 Å². The zero-order valence-electron chi connectivity index (χ0n) is 14.8. The molecule has 1 unspecified atom stereocenters. The maximum Gasteiger partial charge on any atom is 0.276 e. The van der Waals surface area contributed by atoms with Crippen LogP contribution in [0.4, 0.5) is 0 Å². The molecular formula is C19H16N4O3S2. The van der Waals surface area contributed by atoms with Crippen LogP contribution in [0.3, 0.4) is 0 Å². The summed E-state index contributed by atoms with van der Waals surface area (Å²) in [5.41, 5.74) is 1.25. The van der Waals surface area contributed by atoms with Crippen molar-refractivity contribution in [3.8, 4) is 22.1 Å². The molecule has 0 bridgehead atoms. The number of aromatic nitrogens is 3. The zero-order valence-corrected chi connectivity index (χ0v) is 16.4. The number of nitrogens with zero attached hydrogens (tertiary/aromatic N) is 4. The highest BCUT2D eigenvalue weighted by atomic mass is 32.1. The van der Waals surface area contributed by atoms with Crippen molar-refractivity contribution < 1.29 is 13.7 Å². The molecule has 9 heteroatoms. The van der Waals surface area contributed by atoms with Crippen molar-refractivity contribution in [1.29, 1.82) is 0 Å². The van der Waals surface area contributed by atoms with Crippen molar-refractivity contribution >= 4 is 28.6 Å². The van der Waals surface area contributed by atoms with Crippen LogP contribution in [0.15, 0.2) is 49.3 Å². The van der Waals surface area contributed by atoms with E-state index in [0.717, 1.165) is 23.3 Å². The number of likely N-dealkylation sites (tertiary alicyclic amines) is 1. The molecule has 0 spiro atoms. The first kappa shape index (κ1) is 17.3. The van der Waals surface area contributed by atoms with E-state index in [1.54, 1.807) is 33.6 Å². The van der Waals surface area contributed by atoms with Crippen LogP contribution in [0, 0.1) is 0 Å². The number of amides is 1. The molecule has 142 valence electrons. The van der Waals surface area contributed by atoms with Crippen LogP contribution in [0.2, 0.25) is 0 Å². The third-order valence-corrected chi connectivity index (χ3v) is 6.33. The Morgan fingerprint density at radius 3 is 3.04 bits per heavy atom. The van der Waals surface area contributed by atoms with E-state index >= 15 is 0 Å². The van der Waals surface area contributed by atoms with Gasteiger partial charge < -0.3 is 13.8 Å². The summed E-state index contributed by atoms with van der Waals surface area (Å²) >= 11 is 3.14. The maximum absolute atomic E-state index is 12.9. The molecule has 1 atom stereocenters. The van der Waals surface area contributed by atoms with Crippen LogP contribution in [0.25, 0.3) is 22.1 Å². The molecule has 0 aliphatic carbocycles. The van der Waals surface area contributed by atoms with Gasteiger partial charge in [-0.15, -0.1) is 21.5 Å². The molecule has 1 aliphatic rings. The SMILES string of the molecule is O=C(c1cc(-c2cccs2)on1)N1CCCC(c2nnc(-c3ccsc3)o2)C1. The second kappa shape index (κ2) is 7.33. The average molecular weight is 412 g/mol. The molecule has 5 heterocycles. The van der Waals surface area contributed by atoms with Gasteiger partial charge in [0.25, 0.3) is 5.91 Å². The Morgan fingerprint density at radius 2 is 2.21 bits per heavy atom. The Balaban J connectivity index is 1.31. The van der Waals surface area contributed by atoms with Gasteiger partial charge in [0.1, 0.15) is 0 Å². The summed E-state index contributed by atoms with van der Waals surface area (Å²) in [5, 5.41) is 18.3. The summed E-state index contributed by atoms with van der Waals surface area (Å²) in [5.74, 6) is 1.62. The third-order valence-electron chi connectivity index (χ3n) is 4.76. The normalized spacial score (nSPS) is 17.1. The van der Waals surface area contributed by atoms with Gasteiger partial charge in [-0.2, -0.15) is 11.3 Å². The minimum Gasteiger partial charge on any atom is -0.420 e. The standard InChI is InChI=1S/C19H16N4O3S2/c24-19(14-9-15(26-22-14)16-4-2-7-28-16)23-6-1-3-12(10-23)17-20-21-18(25-17)13-5-8-27-11-13/h2,4-5,7-9,11-12H,1,3,6,10H2. The van der Waals surface area contributed by atoms with Crippen LogP contribution < -0.4 is 0 Å². The number of hydrogen-bond acceptors (Lipinski definition) is 8. The molecule has 0 saturated carbocycles. The van der Waals surface area contributed by atoms with Crippen molar-refractivity contribution in [2.24, 2.45) is 0 Å². The molecule has 0 radical (unpaired) electrons. The molecule has 1 aliphatic heterocycles. The molecule has 28 heavy (non-hydrogen) atoms. The molecule has 1 saturated heterocycles. The Bertz CT molecular complexity index is 1070. The summed E-state index contributed by atoms with van der Waals surface area (Å²) < 4.78 is 11.2. The number of carbonyl (C=O) groups is 1. The lowest BCUT2D eigenvalue weighted by Gasteiger charge is -2.30. The van der Waals surface area contributed by atoms with Gasteiger partial charge >= 0.3 is 0 Å². The first-order valence-corrected chi connectivity index (χ1v) is 10.8. The first-order chi connectivity index (χ1) is 13.8. The molecule has 4 aromatic rings. The molecular weight excluding hydrogens is 396 g/mol. The van der Waals surface area contributed by atoms with Gasteiger partial charge in [0.15, 0.2) is 11.5 Å². The summed E-state index contributed by atoms with van der Waals surface area (Å²) in [7, 11) is 0. The summed E-state index contributed by atoms with van der Waals surface area (Å²) in [6, 6.07) is 7.54. The highest BCUT2D eigenvalue weighted by Gasteiger charge is 2.30. The second-order valence-corrected chi connectivity index (χ2v) is 8.33. The molecule has 0 aromatic carbocycles. The van der Waals surface area contributed by atoms with Gasteiger partial charge in [-0.25, -0.2) is 0 Å². The third kappa shape index (κ3) is 3.27. The molecule has 1 amide bonds. The van der Waals surface area contributed by atoms with Gasteiger partial charge in [-0.3, -0.25) is 4.79 Å². The van der Waals surface area contributed by atoms with Gasteiger partial charge in [0.05, 0.1) is 10.8 Å². The predicted octanol–water partition coefficient (Wildman–Crippen LogP) is 4.53. The Hall–Kier alpha value is -2.78. The minimum absolute atomic E-state index is 0.0289. The van der Waals surface area contributed by atoms with Gasteiger partial charge in [-0.05, 0) is 35.7 Å². The Labute approximate surface area is 168 Å². The molecule has 4 aromatic heterocycles. The van der Waals surface area contributed by atoms with Crippen LogP contribution in [0.5, 0.6) is 0 Å². The molecule has 5 rings (SSSR count). The average Bonchev–Trinajstić information content (AvgIpc) is 3.52. The van der Waals surface area contributed by atoms with Crippen molar-refractivity contribution in [1.82, 2.24) is 20.3 Å². The first-order valence-electron chi connectivity index (χ1n) is 8.94. The monoisotopic (exact) mass is 412 g/mol. The van der Waals surface area contributed by atoms with Crippen LogP contribution in [0.1, 0.15) is 35.1 Å². The highest BCUT2D eigenvalue weighted by molar-refractivity contribution is 7.13. The van der Waals surface area contributed by atoms with E-state index in [4.69, 9.17) is 8.94 Å². The van der Waals surface area contributed by atoms with Crippen molar-refractivity contribution in [3.05, 3.63) is 52.0 Å². The summed E-state index contributed by atoms with van der Waals surface area (Å²) in [6.45, 7) is 1.22. The van der Waals surface area contributed by atoms with E-state index in [-0.39, 0.29) is 11.8 Å². The Kier molecular flexibility index (Phi) is 4.53. The van der Waals surface area contributed by atoms with Gasteiger partial charge in [0, 0.05) is 30.1 Å². The maximum atomic E-state index is 12.9. The van der Waals surface area contributed by atoms with Crippen molar-refractivity contribution in [2.75, 3.05) is 13.1 Å². The molecule has 1 fully saturated rings. The molecule has 7 nitrogen and oxygen atoms in total. The topological polar surface area (TPSA) is 85.3 Å². The second-order valence-electron chi connectivity index (χ2n) is 6.60. The minimum atomic E-state index is -0.131. The van der Waals surface area contributed by atoms with E-state index in [2.05, 4.69) is 15.4 Å². The lowest BCUT2D eigenvalue weighted by atomic mass is 9.98. The molecule has 0 N–H and O–H groups in total. The van der Waals surface area contributed by atoms with Crippen molar-refractivity contribution in [3.63, 3.8) is 0 Å².